The Morgan fingerprint density at radius 1 is 1.64 bits per heavy atom. The van der Waals surface area contributed by atoms with Gasteiger partial charge in [-0.05, 0) is 0 Å². The van der Waals surface area contributed by atoms with Gasteiger partial charge in [0.15, 0.2) is 0 Å². The number of hydrogen-bond acceptors (Lipinski definition) is 4. The molecule has 14 heavy (non-hydrogen) atoms. The van der Waals surface area contributed by atoms with E-state index in [1.165, 1.54) is 17.5 Å². The molecule has 5 nitrogen and oxygen atoms in total. The largest absolute Gasteiger partial charge is 0.345 e. The Kier molecular flexibility index (Phi) is 2.55. The average Bonchev–Trinajstić information content (AvgIpc) is 2.87. The van der Waals surface area contributed by atoms with Crippen molar-refractivity contribution in [1.82, 2.24) is 20.5 Å². The molecule has 0 aromatic carbocycles. The third kappa shape index (κ3) is 1.97. The second kappa shape index (κ2) is 4.01. The molecular weight excluding hydrogens is 200 g/mol. The molecule has 2 aromatic rings. The number of nitrogens with one attached hydrogen (secondary N) is 2. The maximum absolute atomic E-state index is 11.4. The van der Waals surface area contributed by atoms with E-state index in [0.29, 0.717) is 12.1 Å². The molecular formula is C8H8N4OS. The summed E-state index contributed by atoms with van der Waals surface area (Å²) in [5, 5.41) is 11.8. The molecule has 2 rings (SSSR count). The van der Waals surface area contributed by atoms with Crippen molar-refractivity contribution in [2.75, 3.05) is 0 Å². The Hall–Kier alpha value is -1.69. The highest BCUT2D eigenvalue weighted by molar-refractivity contribution is 7.09. The van der Waals surface area contributed by atoms with E-state index in [1.807, 2.05) is 5.38 Å². The van der Waals surface area contributed by atoms with Crippen LogP contribution in [0.5, 0.6) is 0 Å². The summed E-state index contributed by atoms with van der Waals surface area (Å²) in [6.07, 6.45) is 4.75. The summed E-state index contributed by atoms with van der Waals surface area (Å²) in [4.78, 5) is 15.5. The molecule has 0 bridgehead atoms. The molecule has 2 N–H and O–H groups in total. The molecule has 0 atom stereocenters. The van der Waals surface area contributed by atoms with Gasteiger partial charge in [-0.25, -0.2) is 4.98 Å². The molecule has 0 aliphatic heterocycles. The predicted octanol–water partition coefficient (Wildman–Crippen LogP) is 0.796. The van der Waals surface area contributed by atoms with Gasteiger partial charge in [-0.2, -0.15) is 5.10 Å². The highest BCUT2D eigenvalue weighted by atomic mass is 32.1. The number of rotatable bonds is 3. The summed E-state index contributed by atoms with van der Waals surface area (Å²) < 4.78 is 0. The van der Waals surface area contributed by atoms with Gasteiger partial charge in [0.25, 0.3) is 5.91 Å². The molecule has 0 radical (unpaired) electrons. The minimum Gasteiger partial charge on any atom is -0.345 e. The van der Waals surface area contributed by atoms with Crippen molar-refractivity contribution in [1.29, 1.82) is 0 Å². The second-order valence-electron chi connectivity index (χ2n) is 2.60. The first kappa shape index (κ1) is 8.89. The van der Waals surface area contributed by atoms with Gasteiger partial charge in [0.1, 0.15) is 5.01 Å². The SMILES string of the molecule is O=C(NCc1nccs1)c1cn[nH]c1. The van der Waals surface area contributed by atoms with Crippen LogP contribution in [0.1, 0.15) is 15.4 Å². The zero-order valence-electron chi connectivity index (χ0n) is 7.23. The fraction of sp³-hybridized carbons (Fsp3) is 0.125. The van der Waals surface area contributed by atoms with Gasteiger partial charge in [0, 0.05) is 17.8 Å². The lowest BCUT2D eigenvalue weighted by Crippen LogP contribution is -2.22. The smallest absolute Gasteiger partial charge is 0.254 e. The fourth-order valence-electron chi connectivity index (χ4n) is 0.973. The quantitative estimate of drug-likeness (QED) is 0.783. The van der Waals surface area contributed by atoms with E-state index in [9.17, 15) is 4.79 Å². The summed E-state index contributed by atoms with van der Waals surface area (Å²) in [5.41, 5.74) is 0.529. The first-order valence-corrected chi connectivity index (χ1v) is 4.89. The van der Waals surface area contributed by atoms with Crippen LogP contribution < -0.4 is 5.32 Å². The van der Waals surface area contributed by atoms with Crippen LogP contribution >= 0.6 is 11.3 Å². The van der Waals surface area contributed by atoms with Crippen molar-refractivity contribution >= 4 is 17.2 Å². The molecule has 0 saturated carbocycles. The van der Waals surface area contributed by atoms with E-state index in [4.69, 9.17) is 0 Å². The third-order valence-corrected chi connectivity index (χ3v) is 2.42. The molecule has 72 valence electrons. The Balaban J connectivity index is 1.90. The van der Waals surface area contributed by atoms with Crippen molar-refractivity contribution in [3.63, 3.8) is 0 Å². The molecule has 0 saturated heterocycles. The lowest BCUT2D eigenvalue weighted by Gasteiger charge is -1.99. The Morgan fingerprint density at radius 2 is 2.57 bits per heavy atom. The van der Waals surface area contributed by atoms with Crippen molar-refractivity contribution in [3.05, 3.63) is 34.5 Å². The van der Waals surface area contributed by atoms with Gasteiger partial charge in [0.2, 0.25) is 0 Å². The topological polar surface area (TPSA) is 70.7 Å². The van der Waals surface area contributed by atoms with Crippen molar-refractivity contribution < 1.29 is 4.79 Å². The number of aromatic amines is 1. The minimum absolute atomic E-state index is 0.144. The van der Waals surface area contributed by atoms with Gasteiger partial charge in [-0.1, -0.05) is 0 Å². The summed E-state index contributed by atoms with van der Waals surface area (Å²) in [7, 11) is 0. The summed E-state index contributed by atoms with van der Waals surface area (Å²) >= 11 is 1.51. The van der Waals surface area contributed by atoms with E-state index in [1.54, 1.807) is 12.4 Å². The number of aromatic nitrogens is 3. The summed E-state index contributed by atoms with van der Waals surface area (Å²) in [5.74, 6) is -0.144. The van der Waals surface area contributed by atoms with Gasteiger partial charge < -0.3 is 5.32 Å². The summed E-state index contributed by atoms with van der Waals surface area (Å²) in [6.45, 7) is 0.460. The number of H-pyrrole nitrogens is 1. The van der Waals surface area contributed by atoms with Crippen LogP contribution in [0.2, 0.25) is 0 Å². The highest BCUT2D eigenvalue weighted by Crippen LogP contribution is 2.03. The Morgan fingerprint density at radius 3 is 3.21 bits per heavy atom. The van der Waals surface area contributed by atoms with Crippen LogP contribution in [0.3, 0.4) is 0 Å². The highest BCUT2D eigenvalue weighted by Gasteiger charge is 2.05. The van der Waals surface area contributed by atoms with Crippen LogP contribution in [-0.2, 0) is 6.54 Å². The first-order valence-electron chi connectivity index (χ1n) is 4.01. The van der Waals surface area contributed by atoms with Crippen LogP contribution in [-0.4, -0.2) is 21.1 Å². The van der Waals surface area contributed by atoms with Crippen molar-refractivity contribution in [2.24, 2.45) is 0 Å². The van der Waals surface area contributed by atoms with Crippen molar-refractivity contribution in [3.8, 4) is 0 Å². The number of amides is 1. The standard InChI is InChI=1S/C8H8N4OS/c13-8(6-3-11-12-4-6)10-5-7-9-1-2-14-7/h1-4H,5H2,(H,10,13)(H,11,12). The van der Waals surface area contributed by atoms with Crippen LogP contribution in [0.25, 0.3) is 0 Å². The Labute approximate surface area is 84.2 Å². The second-order valence-corrected chi connectivity index (χ2v) is 3.57. The monoisotopic (exact) mass is 208 g/mol. The lowest BCUT2D eigenvalue weighted by molar-refractivity contribution is 0.0951. The van der Waals surface area contributed by atoms with E-state index in [0.717, 1.165) is 5.01 Å². The normalized spacial score (nSPS) is 10.0. The van der Waals surface area contributed by atoms with Gasteiger partial charge in [-0.15, -0.1) is 11.3 Å². The number of thiazole rings is 1. The maximum Gasteiger partial charge on any atom is 0.254 e. The third-order valence-electron chi connectivity index (χ3n) is 1.64. The van der Waals surface area contributed by atoms with Crippen LogP contribution in [0.4, 0.5) is 0 Å². The molecule has 0 aliphatic carbocycles. The molecule has 6 heteroatoms. The van der Waals surface area contributed by atoms with Crippen molar-refractivity contribution in [2.45, 2.75) is 6.54 Å². The molecule has 0 unspecified atom stereocenters. The number of nitrogens with zero attached hydrogens (tertiary/aromatic N) is 2. The number of carbonyl (C=O) groups excluding carboxylic acids is 1. The zero-order valence-corrected chi connectivity index (χ0v) is 8.04. The molecule has 0 aliphatic rings. The number of carbonyl (C=O) groups is 1. The average molecular weight is 208 g/mol. The fourth-order valence-corrected chi connectivity index (χ4v) is 1.53. The maximum atomic E-state index is 11.4. The van der Waals surface area contributed by atoms with Crippen LogP contribution in [0, 0.1) is 0 Å². The van der Waals surface area contributed by atoms with E-state index >= 15 is 0 Å². The van der Waals surface area contributed by atoms with E-state index in [2.05, 4.69) is 20.5 Å². The lowest BCUT2D eigenvalue weighted by atomic mass is 10.3. The summed E-state index contributed by atoms with van der Waals surface area (Å²) in [6, 6.07) is 0. The van der Waals surface area contributed by atoms with Gasteiger partial charge in [0.05, 0.1) is 18.3 Å². The molecule has 0 fully saturated rings. The minimum atomic E-state index is -0.144. The van der Waals surface area contributed by atoms with Crippen LogP contribution in [0.15, 0.2) is 24.0 Å². The molecule has 1 amide bonds. The molecule has 2 aromatic heterocycles. The first-order chi connectivity index (χ1) is 6.86. The van der Waals surface area contributed by atoms with Gasteiger partial charge >= 0.3 is 0 Å². The molecule has 0 spiro atoms. The predicted molar refractivity (Wildman–Crippen MR) is 51.9 cm³/mol. The number of hydrogen-bond donors (Lipinski definition) is 2. The van der Waals surface area contributed by atoms with Gasteiger partial charge in [-0.3, -0.25) is 9.89 Å². The Bertz CT molecular complexity index is 395. The molecule has 2 heterocycles. The zero-order chi connectivity index (χ0) is 9.80. The van der Waals surface area contributed by atoms with E-state index < -0.39 is 0 Å². The van der Waals surface area contributed by atoms with E-state index in [-0.39, 0.29) is 5.91 Å².